The molecule has 24 heavy (non-hydrogen) atoms. The second-order valence-electron chi connectivity index (χ2n) is 5.16. The van der Waals surface area contributed by atoms with E-state index < -0.39 is 5.97 Å². The highest BCUT2D eigenvalue weighted by molar-refractivity contribution is 6.35. The van der Waals surface area contributed by atoms with Crippen LogP contribution in [0.5, 0.6) is 0 Å². The van der Waals surface area contributed by atoms with Gasteiger partial charge in [-0.25, -0.2) is 4.79 Å². The van der Waals surface area contributed by atoms with Crippen LogP contribution in [0.2, 0.25) is 5.02 Å². The van der Waals surface area contributed by atoms with Crippen molar-refractivity contribution >= 4 is 35.2 Å². The van der Waals surface area contributed by atoms with Gasteiger partial charge in [0.25, 0.3) is 5.91 Å². The van der Waals surface area contributed by atoms with Crippen LogP contribution in [0.1, 0.15) is 12.5 Å². The maximum absolute atomic E-state index is 12.9. The van der Waals surface area contributed by atoms with E-state index in [4.69, 9.17) is 20.8 Å². The first kappa shape index (κ1) is 16.1. The minimum absolute atomic E-state index is 0.212. The lowest BCUT2D eigenvalue weighted by molar-refractivity contribution is -0.136. The highest BCUT2D eigenvalue weighted by Crippen LogP contribution is 2.38. The lowest BCUT2D eigenvalue weighted by atomic mass is 10.1. The Labute approximate surface area is 143 Å². The van der Waals surface area contributed by atoms with E-state index >= 15 is 0 Å². The van der Waals surface area contributed by atoms with E-state index in [-0.39, 0.29) is 17.1 Å². The van der Waals surface area contributed by atoms with Crippen molar-refractivity contribution in [3.8, 4) is 0 Å². The molecule has 0 saturated heterocycles. The van der Waals surface area contributed by atoms with Crippen molar-refractivity contribution in [3.63, 3.8) is 0 Å². The number of methoxy groups -OCH3 is 1. The number of nitrogens with zero attached hydrogens (tertiary/aromatic N) is 1. The molecule has 0 aliphatic carbocycles. The second-order valence-corrected chi connectivity index (χ2v) is 5.57. The summed E-state index contributed by atoms with van der Waals surface area (Å²) in [5.74, 6) is -0.924. The van der Waals surface area contributed by atoms with Gasteiger partial charge in [-0.2, -0.15) is 0 Å². The van der Waals surface area contributed by atoms with Crippen molar-refractivity contribution in [1.82, 2.24) is 0 Å². The third-order valence-electron chi connectivity index (χ3n) is 3.74. The summed E-state index contributed by atoms with van der Waals surface area (Å²) in [4.78, 5) is 26.6. The molecule has 0 spiro atoms. The van der Waals surface area contributed by atoms with E-state index in [1.807, 2.05) is 0 Å². The van der Waals surface area contributed by atoms with Crippen LogP contribution in [0.4, 0.5) is 5.69 Å². The Hall–Kier alpha value is -2.79. The number of carbonyl (C=O) groups excluding carboxylic acids is 2. The number of rotatable bonds is 3. The van der Waals surface area contributed by atoms with Crippen molar-refractivity contribution in [2.75, 3.05) is 12.0 Å². The van der Waals surface area contributed by atoms with E-state index in [0.29, 0.717) is 22.0 Å². The topological polar surface area (TPSA) is 59.8 Å². The number of allylic oxidation sites excluding steroid dienone is 1. The molecule has 1 aliphatic rings. The SMILES string of the molecule is COC(=O)C1=C(C)N(c2ccccc2Cl)C(=O)C1=Cc1ccoc1. The van der Waals surface area contributed by atoms with E-state index in [1.165, 1.54) is 24.5 Å². The summed E-state index contributed by atoms with van der Waals surface area (Å²) in [5, 5.41) is 0.416. The fourth-order valence-corrected chi connectivity index (χ4v) is 2.85. The number of amides is 1. The third-order valence-corrected chi connectivity index (χ3v) is 4.06. The molecular formula is C18H14ClNO4. The molecule has 0 atom stereocenters. The standard InChI is InChI=1S/C18H14ClNO4/c1-11-16(18(22)23-2)13(9-12-7-8-24-10-12)17(21)20(11)15-6-4-3-5-14(15)19/h3-10H,1-2H3. The maximum Gasteiger partial charge on any atom is 0.340 e. The molecule has 1 aromatic heterocycles. The molecule has 0 bridgehead atoms. The Balaban J connectivity index is 2.17. The van der Waals surface area contributed by atoms with Crippen LogP contribution in [0.25, 0.3) is 6.08 Å². The summed E-state index contributed by atoms with van der Waals surface area (Å²) in [6.45, 7) is 1.68. The molecule has 3 rings (SSSR count). The summed E-state index contributed by atoms with van der Waals surface area (Å²) < 4.78 is 9.86. The minimum Gasteiger partial charge on any atom is -0.472 e. The molecule has 0 radical (unpaired) electrons. The first-order valence-electron chi connectivity index (χ1n) is 7.17. The van der Waals surface area contributed by atoms with E-state index in [1.54, 1.807) is 43.3 Å². The summed E-state index contributed by atoms with van der Waals surface area (Å²) in [5.41, 5.74) is 2.10. The van der Waals surface area contributed by atoms with Gasteiger partial charge < -0.3 is 9.15 Å². The van der Waals surface area contributed by atoms with Gasteiger partial charge in [-0.1, -0.05) is 23.7 Å². The number of furan rings is 1. The zero-order chi connectivity index (χ0) is 17.3. The summed E-state index contributed by atoms with van der Waals surface area (Å²) >= 11 is 6.22. The first-order chi connectivity index (χ1) is 11.5. The van der Waals surface area contributed by atoms with Crippen LogP contribution in [0.15, 0.2) is 64.1 Å². The Kier molecular flexibility index (Phi) is 4.27. The number of benzene rings is 1. The first-order valence-corrected chi connectivity index (χ1v) is 7.55. The van der Waals surface area contributed by atoms with Gasteiger partial charge in [0.05, 0.1) is 41.5 Å². The Morgan fingerprint density at radius 1 is 1.29 bits per heavy atom. The number of carbonyl (C=O) groups is 2. The second kappa shape index (κ2) is 6.37. The van der Waals surface area contributed by atoms with Crippen molar-refractivity contribution in [2.45, 2.75) is 6.92 Å². The average Bonchev–Trinajstić information content (AvgIpc) is 3.16. The molecule has 1 amide bonds. The number of ether oxygens (including phenoxy) is 1. The molecule has 1 aromatic carbocycles. The number of hydrogen-bond donors (Lipinski definition) is 0. The summed E-state index contributed by atoms with van der Waals surface area (Å²) in [7, 11) is 1.28. The number of para-hydroxylation sites is 1. The van der Waals surface area contributed by atoms with Gasteiger partial charge in [-0.05, 0) is 31.2 Å². The predicted octanol–water partition coefficient (Wildman–Crippen LogP) is 3.81. The predicted molar refractivity (Wildman–Crippen MR) is 90.3 cm³/mol. The Morgan fingerprint density at radius 3 is 2.67 bits per heavy atom. The smallest absolute Gasteiger partial charge is 0.340 e. The maximum atomic E-state index is 12.9. The molecule has 0 saturated carbocycles. The van der Waals surface area contributed by atoms with Crippen LogP contribution in [0.3, 0.4) is 0 Å². The van der Waals surface area contributed by atoms with E-state index in [2.05, 4.69) is 0 Å². The fraction of sp³-hybridized carbons (Fsp3) is 0.111. The lowest BCUT2D eigenvalue weighted by Gasteiger charge is -2.19. The number of anilines is 1. The van der Waals surface area contributed by atoms with Gasteiger partial charge in [-0.15, -0.1) is 0 Å². The lowest BCUT2D eigenvalue weighted by Crippen LogP contribution is -2.24. The van der Waals surface area contributed by atoms with Crippen molar-refractivity contribution in [1.29, 1.82) is 0 Å². The minimum atomic E-state index is -0.579. The highest BCUT2D eigenvalue weighted by atomic mass is 35.5. The van der Waals surface area contributed by atoms with Gasteiger partial charge in [-0.3, -0.25) is 9.69 Å². The summed E-state index contributed by atoms with van der Waals surface area (Å²) in [6, 6.07) is 8.65. The summed E-state index contributed by atoms with van der Waals surface area (Å²) in [6.07, 6.45) is 4.58. The van der Waals surface area contributed by atoms with Crippen LogP contribution in [-0.4, -0.2) is 19.0 Å². The molecule has 5 nitrogen and oxygen atoms in total. The van der Waals surface area contributed by atoms with Gasteiger partial charge in [0.1, 0.15) is 0 Å². The zero-order valence-corrected chi connectivity index (χ0v) is 13.8. The number of esters is 1. The highest BCUT2D eigenvalue weighted by Gasteiger charge is 2.38. The van der Waals surface area contributed by atoms with Crippen LogP contribution >= 0.6 is 11.6 Å². The molecular weight excluding hydrogens is 330 g/mol. The molecule has 1 aliphatic heterocycles. The van der Waals surface area contributed by atoms with Gasteiger partial charge in [0, 0.05) is 11.3 Å². The van der Waals surface area contributed by atoms with Gasteiger partial charge in [0.2, 0.25) is 0 Å². The van der Waals surface area contributed by atoms with Crippen LogP contribution < -0.4 is 4.90 Å². The van der Waals surface area contributed by atoms with E-state index in [9.17, 15) is 9.59 Å². The average molecular weight is 344 g/mol. The Morgan fingerprint density at radius 2 is 2.04 bits per heavy atom. The third kappa shape index (κ3) is 2.63. The molecule has 0 unspecified atom stereocenters. The normalized spacial score (nSPS) is 16.2. The molecule has 122 valence electrons. The number of halogens is 1. The van der Waals surface area contributed by atoms with Crippen LogP contribution in [-0.2, 0) is 14.3 Å². The molecule has 0 N–H and O–H groups in total. The molecule has 2 heterocycles. The van der Waals surface area contributed by atoms with E-state index in [0.717, 1.165) is 0 Å². The van der Waals surface area contributed by atoms with Gasteiger partial charge in [0.15, 0.2) is 0 Å². The fourth-order valence-electron chi connectivity index (χ4n) is 2.63. The van der Waals surface area contributed by atoms with Crippen molar-refractivity contribution in [3.05, 3.63) is 70.3 Å². The molecule has 6 heteroatoms. The monoisotopic (exact) mass is 343 g/mol. The quantitative estimate of drug-likeness (QED) is 0.628. The molecule has 0 fully saturated rings. The van der Waals surface area contributed by atoms with Gasteiger partial charge >= 0.3 is 5.97 Å². The van der Waals surface area contributed by atoms with Crippen molar-refractivity contribution in [2.24, 2.45) is 0 Å². The largest absolute Gasteiger partial charge is 0.472 e. The Bertz CT molecular complexity index is 865. The van der Waals surface area contributed by atoms with Crippen LogP contribution in [0, 0.1) is 0 Å². The van der Waals surface area contributed by atoms with Crippen molar-refractivity contribution < 1.29 is 18.7 Å². The zero-order valence-electron chi connectivity index (χ0n) is 13.1. The number of hydrogen-bond acceptors (Lipinski definition) is 4. The molecule has 2 aromatic rings.